The average Bonchev–Trinajstić information content (AvgIpc) is 2.89. The van der Waals surface area contributed by atoms with Gasteiger partial charge in [-0.25, -0.2) is 0 Å². The molecular weight excluding hydrogens is 230 g/mol. The van der Waals surface area contributed by atoms with Gasteiger partial charge in [0.05, 0.1) is 6.04 Å². The van der Waals surface area contributed by atoms with Crippen molar-refractivity contribution in [3.05, 3.63) is 23.7 Å². The molecule has 1 heterocycles. The molecule has 1 saturated carbocycles. The molecule has 1 N–H and O–H groups in total. The Morgan fingerprint density at radius 1 is 1.47 bits per heavy atom. The lowest BCUT2D eigenvalue weighted by molar-refractivity contribution is 0.384. The van der Waals surface area contributed by atoms with E-state index in [9.17, 15) is 0 Å². The van der Waals surface area contributed by atoms with Crippen LogP contribution in [0.15, 0.2) is 16.5 Å². The van der Waals surface area contributed by atoms with Crippen LogP contribution >= 0.6 is 11.8 Å². The molecule has 1 aromatic heterocycles. The van der Waals surface area contributed by atoms with Crippen molar-refractivity contribution < 1.29 is 4.42 Å². The van der Waals surface area contributed by atoms with Gasteiger partial charge >= 0.3 is 0 Å². The smallest absolute Gasteiger partial charge is 0.120 e. The molecule has 1 aliphatic rings. The summed E-state index contributed by atoms with van der Waals surface area (Å²) in [5, 5.41) is 4.52. The molecule has 1 fully saturated rings. The first kappa shape index (κ1) is 13.0. The van der Waals surface area contributed by atoms with E-state index >= 15 is 0 Å². The highest BCUT2D eigenvalue weighted by molar-refractivity contribution is 7.99. The predicted molar refractivity (Wildman–Crippen MR) is 74.6 cm³/mol. The van der Waals surface area contributed by atoms with E-state index in [0.29, 0.717) is 12.1 Å². The fourth-order valence-corrected chi connectivity index (χ4v) is 3.83. The standard InChI is InChI=1S/C14H23NOS/c1-4-17-14-7-5-6-12(14)15-11(3)13-9-8-10(2)16-13/h8-9,11-12,14-15H,4-7H2,1-3H3. The summed E-state index contributed by atoms with van der Waals surface area (Å²) >= 11 is 2.10. The van der Waals surface area contributed by atoms with E-state index in [1.165, 1.54) is 25.0 Å². The first-order chi connectivity index (χ1) is 8.20. The molecule has 3 heteroatoms. The van der Waals surface area contributed by atoms with Crippen molar-refractivity contribution >= 4 is 11.8 Å². The summed E-state index contributed by atoms with van der Waals surface area (Å²) in [6.45, 7) is 6.45. The second kappa shape index (κ2) is 5.96. The number of nitrogens with one attached hydrogen (secondary N) is 1. The van der Waals surface area contributed by atoms with Crippen molar-refractivity contribution in [3.63, 3.8) is 0 Å². The minimum absolute atomic E-state index is 0.326. The summed E-state index contributed by atoms with van der Waals surface area (Å²) in [7, 11) is 0. The van der Waals surface area contributed by atoms with Crippen LogP contribution in [0, 0.1) is 6.92 Å². The van der Waals surface area contributed by atoms with E-state index in [0.717, 1.165) is 16.8 Å². The Morgan fingerprint density at radius 2 is 2.29 bits per heavy atom. The Balaban J connectivity index is 1.91. The minimum atomic E-state index is 0.326. The summed E-state index contributed by atoms with van der Waals surface area (Å²) in [6, 6.07) is 5.11. The normalized spacial score (nSPS) is 26.3. The molecule has 0 aromatic carbocycles. The molecule has 3 unspecified atom stereocenters. The molecule has 0 spiro atoms. The van der Waals surface area contributed by atoms with Gasteiger partial charge in [-0.3, -0.25) is 0 Å². The number of hydrogen-bond acceptors (Lipinski definition) is 3. The molecule has 96 valence electrons. The summed E-state index contributed by atoms with van der Waals surface area (Å²) in [5.41, 5.74) is 0. The zero-order valence-corrected chi connectivity index (χ0v) is 11.8. The van der Waals surface area contributed by atoms with Crippen LogP contribution in [-0.2, 0) is 0 Å². The summed E-state index contributed by atoms with van der Waals surface area (Å²) in [5.74, 6) is 3.28. The van der Waals surface area contributed by atoms with Gasteiger partial charge in [-0.2, -0.15) is 11.8 Å². The van der Waals surface area contributed by atoms with Crippen LogP contribution in [0.4, 0.5) is 0 Å². The van der Waals surface area contributed by atoms with Crippen molar-refractivity contribution in [3.8, 4) is 0 Å². The van der Waals surface area contributed by atoms with E-state index in [2.05, 4.69) is 37.0 Å². The van der Waals surface area contributed by atoms with Crippen molar-refractivity contribution in [2.45, 2.75) is 57.4 Å². The highest BCUT2D eigenvalue weighted by Gasteiger charge is 2.28. The highest BCUT2D eigenvalue weighted by Crippen LogP contribution is 2.31. The monoisotopic (exact) mass is 253 g/mol. The maximum Gasteiger partial charge on any atom is 0.120 e. The lowest BCUT2D eigenvalue weighted by atomic mass is 10.2. The maximum absolute atomic E-state index is 5.68. The van der Waals surface area contributed by atoms with Gasteiger partial charge in [0.1, 0.15) is 11.5 Å². The lowest BCUT2D eigenvalue weighted by Crippen LogP contribution is -2.35. The third-order valence-corrected chi connectivity index (χ3v) is 4.81. The number of furan rings is 1. The molecule has 3 atom stereocenters. The number of thioether (sulfide) groups is 1. The van der Waals surface area contributed by atoms with E-state index in [4.69, 9.17) is 4.42 Å². The molecule has 0 bridgehead atoms. The van der Waals surface area contributed by atoms with Gasteiger partial charge < -0.3 is 9.73 Å². The molecule has 2 rings (SSSR count). The van der Waals surface area contributed by atoms with Crippen LogP contribution < -0.4 is 5.32 Å². The summed E-state index contributed by atoms with van der Waals surface area (Å²) in [6.07, 6.45) is 4.03. The van der Waals surface area contributed by atoms with Crippen LogP contribution in [0.5, 0.6) is 0 Å². The first-order valence-electron chi connectivity index (χ1n) is 6.64. The van der Waals surface area contributed by atoms with Gasteiger partial charge in [0, 0.05) is 11.3 Å². The SMILES string of the molecule is CCSC1CCCC1NC(C)c1ccc(C)o1. The van der Waals surface area contributed by atoms with Crippen LogP contribution in [0.1, 0.15) is 50.7 Å². The Labute approximate surface area is 109 Å². The Kier molecular flexibility index (Phi) is 4.57. The van der Waals surface area contributed by atoms with E-state index < -0.39 is 0 Å². The van der Waals surface area contributed by atoms with Crippen LogP contribution in [0.25, 0.3) is 0 Å². The topological polar surface area (TPSA) is 25.2 Å². The van der Waals surface area contributed by atoms with Crippen molar-refractivity contribution in [1.82, 2.24) is 5.32 Å². The molecule has 0 saturated heterocycles. The van der Waals surface area contributed by atoms with E-state index in [1.807, 2.05) is 13.0 Å². The van der Waals surface area contributed by atoms with Gasteiger partial charge in [-0.1, -0.05) is 13.3 Å². The van der Waals surface area contributed by atoms with Crippen LogP contribution in [0.2, 0.25) is 0 Å². The van der Waals surface area contributed by atoms with Gasteiger partial charge in [0.2, 0.25) is 0 Å². The van der Waals surface area contributed by atoms with Gasteiger partial charge in [-0.15, -0.1) is 0 Å². The number of rotatable bonds is 5. The van der Waals surface area contributed by atoms with Crippen molar-refractivity contribution in [1.29, 1.82) is 0 Å². The van der Waals surface area contributed by atoms with Crippen molar-refractivity contribution in [2.24, 2.45) is 0 Å². The molecule has 1 aromatic rings. The minimum Gasteiger partial charge on any atom is -0.465 e. The van der Waals surface area contributed by atoms with Gasteiger partial charge in [0.15, 0.2) is 0 Å². The molecule has 2 nitrogen and oxygen atoms in total. The molecule has 1 aliphatic carbocycles. The Bertz CT molecular complexity index is 350. The number of hydrogen-bond donors (Lipinski definition) is 1. The first-order valence-corrected chi connectivity index (χ1v) is 7.69. The third-order valence-electron chi connectivity index (χ3n) is 3.49. The quantitative estimate of drug-likeness (QED) is 0.861. The Hall–Kier alpha value is -0.410. The fourth-order valence-electron chi connectivity index (χ4n) is 2.62. The summed E-state index contributed by atoms with van der Waals surface area (Å²) < 4.78 is 5.68. The van der Waals surface area contributed by atoms with Gasteiger partial charge in [-0.05, 0) is 44.6 Å². The fraction of sp³-hybridized carbons (Fsp3) is 0.714. The predicted octanol–water partition coefficient (Wildman–Crippen LogP) is 3.91. The molecular formula is C14H23NOS. The highest BCUT2D eigenvalue weighted by atomic mass is 32.2. The average molecular weight is 253 g/mol. The molecule has 0 radical (unpaired) electrons. The second-order valence-electron chi connectivity index (χ2n) is 4.87. The number of aryl methyl sites for hydroxylation is 1. The van der Waals surface area contributed by atoms with E-state index in [1.54, 1.807) is 0 Å². The molecule has 0 aliphatic heterocycles. The maximum atomic E-state index is 5.68. The zero-order chi connectivity index (χ0) is 12.3. The largest absolute Gasteiger partial charge is 0.465 e. The second-order valence-corrected chi connectivity index (χ2v) is 6.38. The molecule has 17 heavy (non-hydrogen) atoms. The van der Waals surface area contributed by atoms with Crippen LogP contribution in [-0.4, -0.2) is 17.0 Å². The molecule has 0 amide bonds. The van der Waals surface area contributed by atoms with E-state index in [-0.39, 0.29) is 0 Å². The third kappa shape index (κ3) is 3.29. The van der Waals surface area contributed by atoms with Gasteiger partial charge in [0.25, 0.3) is 0 Å². The van der Waals surface area contributed by atoms with Crippen molar-refractivity contribution in [2.75, 3.05) is 5.75 Å². The Morgan fingerprint density at radius 3 is 2.94 bits per heavy atom. The summed E-state index contributed by atoms with van der Waals surface area (Å²) in [4.78, 5) is 0. The van der Waals surface area contributed by atoms with Crippen LogP contribution in [0.3, 0.4) is 0 Å². The lowest BCUT2D eigenvalue weighted by Gasteiger charge is -2.23. The zero-order valence-electron chi connectivity index (χ0n) is 11.0.